The first-order valence-electron chi connectivity index (χ1n) is 10.0. The highest BCUT2D eigenvalue weighted by atomic mass is 16.3. The monoisotopic (exact) mass is 382 g/mol. The molecule has 2 heterocycles. The van der Waals surface area contributed by atoms with Crippen molar-refractivity contribution in [3.63, 3.8) is 0 Å². The number of rotatable bonds is 6. The summed E-state index contributed by atoms with van der Waals surface area (Å²) in [5, 5.41) is 0. The van der Waals surface area contributed by atoms with Crippen molar-refractivity contribution in [2.45, 2.75) is 39.5 Å². The molecule has 5 nitrogen and oxygen atoms in total. The standard InChI is InChI=1S/C23H30N2O3/c1-17-6-7-20(13-18(17)2)14-23(27)25-10-8-19(9-11-25)16-24(3)22(26)15-21-5-4-12-28-21/h4-7,12-13,19H,8-11,14-16H2,1-3H3. The molecule has 0 atom stereocenters. The van der Waals surface area contributed by atoms with E-state index < -0.39 is 0 Å². The van der Waals surface area contributed by atoms with Gasteiger partial charge in [0.1, 0.15) is 5.76 Å². The minimum Gasteiger partial charge on any atom is -0.469 e. The van der Waals surface area contributed by atoms with E-state index in [1.807, 2.05) is 24.1 Å². The molecule has 1 saturated heterocycles. The van der Waals surface area contributed by atoms with Crippen molar-refractivity contribution in [1.82, 2.24) is 9.80 Å². The number of benzene rings is 1. The zero-order valence-electron chi connectivity index (χ0n) is 17.1. The number of aryl methyl sites for hydroxylation is 2. The molecule has 1 aliphatic heterocycles. The fraction of sp³-hybridized carbons (Fsp3) is 0.478. The van der Waals surface area contributed by atoms with Crippen LogP contribution in [0, 0.1) is 19.8 Å². The van der Waals surface area contributed by atoms with Crippen molar-refractivity contribution in [1.29, 1.82) is 0 Å². The molecule has 0 saturated carbocycles. The van der Waals surface area contributed by atoms with Gasteiger partial charge in [-0.25, -0.2) is 0 Å². The molecule has 2 aromatic rings. The van der Waals surface area contributed by atoms with Crippen molar-refractivity contribution < 1.29 is 14.0 Å². The Kier molecular flexibility index (Phi) is 6.55. The van der Waals surface area contributed by atoms with Crippen LogP contribution in [0.15, 0.2) is 41.0 Å². The van der Waals surface area contributed by atoms with Gasteiger partial charge in [-0.2, -0.15) is 0 Å². The van der Waals surface area contributed by atoms with Gasteiger partial charge in [0, 0.05) is 26.7 Å². The van der Waals surface area contributed by atoms with E-state index in [0.29, 0.717) is 24.5 Å². The molecule has 0 spiro atoms. The summed E-state index contributed by atoms with van der Waals surface area (Å²) in [5.74, 6) is 1.41. The zero-order valence-corrected chi connectivity index (χ0v) is 17.1. The predicted octanol–water partition coefficient (Wildman–Crippen LogP) is 3.38. The lowest BCUT2D eigenvalue weighted by Crippen LogP contribution is -2.42. The molecule has 0 radical (unpaired) electrons. The molecule has 1 aliphatic rings. The Labute approximate surface area is 167 Å². The van der Waals surface area contributed by atoms with Gasteiger partial charge in [0.05, 0.1) is 19.1 Å². The predicted molar refractivity (Wildman–Crippen MR) is 109 cm³/mol. The second-order valence-electron chi connectivity index (χ2n) is 7.95. The molecule has 5 heteroatoms. The van der Waals surface area contributed by atoms with Gasteiger partial charge in [-0.1, -0.05) is 18.2 Å². The Morgan fingerprint density at radius 2 is 1.86 bits per heavy atom. The molecule has 1 fully saturated rings. The van der Waals surface area contributed by atoms with E-state index in [4.69, 9.17) is 4.42 Å². The summed E-state index contributed by atoms with van der Waals surface area (Å²) >= 11 is 0. The largest absolute Gasteiger partial charge is 0.469 e. The normalized spacial score (nSPS) is 14.9. The summed E-state index contributed by atoms with van der Waals surface area (Å²) < 4.78 is 5.26. The Morgan fingerprint density at radius 1 is 1.11 bits per heavy atom. The molecule has 150 valence electrons. The number of piperidine rings is 1. The van der Waals surface area contributed by atoms with Crippen LogP contribution in [-0.4, -0.2) is 48.3 Å². The third kappa shape index (κ3) is 5.24. The van der Waals surface area contributed by atoms with Crippen molar-refractivity contribution in [2.24, 2.45) is 5.92 Å². The molecule has 3 rings (SSSR count). The Morgan fingerprint density at radius 3 is 2.50 bits per heavy atom. The summed E-state index contributed by atoms with van der Waals surface area (Å²) in [7, 11) is 1.85. The summed E-state index contributed by atoms with van der Waals surface area (Å²) in [6.07, 6.45) is 4.24. The number of hydrogen-bond donors (Lipinski definition) is 0. The van der Waals surface area contributed by atoms with Crippen molar-refractivity contribution in [3.05, 3.63) is 59.0 Å². The maximum absolute atomic E-state index is 12.6. The number of amides is 2. The molecule has 0 N–H and O–H groups in total. The van der Waals surface area contributed by atoms with Gasteiger partial charge in [0.25, 0.3) is 0 Å². The van der Waals surface area contributed by atoms with Gasteiger partial charge in [0.2, 0.25) is 11.8 Å². The fourth-order valence-electron chi connectivity index (χ4n) is 3.75. The summed E-state index contributed by atoms with van der Waals surface area (Å²) in [5.41, 5.74) is 3.56. The third-order valence-corrected chi connectivity index (χ3v) is 5.76. The number of carbonyl (C=O) groups is 2. The van der Waals surface area contributed by atoms with Gasteiger partial charge in [-0.15, -0.1) is 0 Å². The van der Waals surface area contributed by atoms with E-state index in [1.54, 1.807) is 17.2 Å². The molecule has 28 heavy (non-hydrogen) atoms. The van der Waals surface area contributed by atoms with Crippen LogP contribution in [0.25, 0.3) is 0 Å². The van der Waals surface area contributed by atoms with Crippen LogP contribution < -0.4 is 0 Å². The smallest absolute Gasteiger partial charge is 0.229 e. The number of furan rings is 1. The van der Waals surface area contributed by atoms with Crippen LogP contribution in [-0.2, 0) is 22.4 Å². The second-order valence-corrected chi connectivity index (χ2v) is 7.95. The lowest BCUT2D eigenvalue weighted by molar-refractivity contribution is -0.133. The molecule has 1 aromatic heterocycles. The summed E-state index contributed by atoms with van der Waals surface area (Å²) in [4.78, 5) is 28.7. The van der Waals surface area contributed by atoms with Crippen molar-refractivity contribution in [3.8, 4) is 0 Å². The van der Waals surface area contributed by atoms with Gasteiger partial charge in [-0.3, -0.25) is 9.59 Å². The highest BCUT2D eigenvalue weighted by molar-refractivity contribution is 5.79. The minimum atomic E-state index is 0.0724. The lowest BCUT2D eigenvalue weighted by atomic mass is 9.95. The summed E-state index contributed by atoms with van der Waals surface area (Å²) in [6.45, 7) is 6.45. The number of hydrogen-bond acceptors (Lipinski definition) is 3. The van der Waals surface area contributed by atoms with E-state index in [-0.39, 0.29) is 11.8 Å². The average Bonchev–Trinajstić information content (AvgIpc) is 3.18. The van der Waals surface area contributed by atoms with Gasteiger partial charge in [0.15, 0.2) is 0 Å². The number of carbonyl (C=O) groups excluding carboxylic acids is 2. The van der Waals surface area contributed by atoms with Gasteiger partial charge >= 0.3 is 0 Å². The first-order chi connectivity index (χ1) is 13.4. The van der Waals surface area contributed by atoms with E-state index >= 15 is 0 Å². The molecular formula is C23H30N2O3. The molecule has 0 aliphatic carbocycles. The Balaban J connectivity index is 1.43. The molecule has 0 unspecified atom stereocenters. The number of likely N-dealkylation sites (N-methyl/N-ethyl adjacent to an activating group) is 1. The first-order valence-corrected chi connectivity index (χ1v) is 10.0. The van der Waals surface area contributed by atoms with Crippen LogP contribution in [0.2, 0.25) is 0 Å². The van der Waals surface area contributed by atoms with Crippen LogP contribution in [0.1, 0.15) is 35.3 Å². The highest BCUT2D eigenvalue weighted by Crippen LogP contribution is 2.20. The molecule has 0 bridgehead atoms. The highest BCUT2D eigenvalue weighted by Gasteiger charge is 2.25. The average molecular weight is 383 g/mol. The zero-order chi connectivity index (χ0) is 20.1. The van der Waals surface area contributed by atoms with Crippen LogP contribution in [0.4, 0.5) is 0 Å². The summed E-state index contributed by atoms with van der Waals surface area (Å²) in [6, 6.07) is 9.87. The lowest BCUT2D eigenvalue weighted by Gasteiger charge is -2.34. The SMILES string of the molecule is Cc1ccc(CC(=O)N2CCC(CN(C)C(=O)Cc3ccco3)CC2)cc1C. The van der Waals surface area contributed by atoms with E-state index in [0.717, 1.165) is 38.0 Å². The van der Waals surface area contributed by atoms with Crippen molar-refractivity contribution in [2.75, 3.05) is 26.7 Å². The number of likely N-dealkylation sites (tertiary alicyclic amines) is 1. The van der Waals surface area contributed by atoms with Gasteiger partial charge in [-0.05, 0) is 61.4 Å². The van der Waals surface area contributed by atoms with E-state index in [9.17, 15) is 9.59 Å². The fourth-order valence-corrected chi connectivity index (χ4v) is 3.75. The van der Waals surface area contributed by atoms with E-state index in [2.05, 4.69) is 26.0 Å². The van der Waals surface area contributed by atoms with Crippen LogP contribution in [0.5, 0.6) is 0 Å². The topological polar surface area (TPSA) is 53.8 Å². The molecule has 1 aromatic carbocycles. The van der Waals surface area contributed by atoms with Gasteiger partial charge < -0.3 is 14.2 Å². The first kappa shape index (κ1) is 20.2. The third-order valence-electron chi connectivity index (χ3n) is 5.76. The minimum absolute atomic E-state index is 0.0724. The Hall–Kier alpha value is -2.56. The second kappa shape index (κ2) is 9.09. The quantitative estimate of drug-likeness (QED) is 0.770. The van der Waals surface area contributed by atoms with Crippen molar-refractivity contribution >= 4 is 11.8 Å². The van der Waals surface area contributed by atoms with Crippen LogP contribution in [0.3, 0.4) is 0 Å². The molecular weight excluding hydrogens is 352 g/mol. The maximum atomic E-state index is 12.6. The van der Waals surface area contributed by atoms with Crippen LogP contribution >= 0.6 is 0 Å². The maximum Gasteiger partial charge on any atom is 0.229 e. The Bertz CT molecular complexity index is 805. The van der Waals surface area contributed by atoms with E-state index in [1.165, 1.54) is 11.1 Å². The molecule has 2 amide bonds. The number of nitrogens with zero attached hydrogens (tertiary/aromatic N) is 2.